The summed E-state index contributed by atoms with van der Waals surface area (Å²) in [6.07, 6.45) is 0. The van der Waals surface area contributed by atoms with E-state index < -0.39 is 26.8 Å². The lowest BCUT2D eigenvalue weighted by atomic mass is 10.1. The van der Waals surface area contributed by atoms with Gasteiger partial charge in [0.15, 0.2) is 4.21 Å². The van der Waals surface area contributed by atoms with Crippen LogP contribution in [-0.2, 0) is 10.0 Å². The summed E-state index contributed by atoms with van der Waals surface area (Å²) in [5.74, 6) is -0.434. The van der Waals surface area contributed by atoms with Gasteiger partial charge in [-0.1, -0.05) is 23.5 Å². The van der Waals surface area contributed by atoms with Crippen LogP contribution in [0, 0.1) is 12.7 Å². The van der Waals surface area contributed by atoms with Gasteiger partial charge in [-0.05, 0) is 31.5 Å². The number of hydrogen-bond donors (Lipinski definition) is 2. The third-order valence-electron chi connectivity index (χ3n) is 2.71. The Balaban J connectivity index is 2.29. The van der Waals surface area contributed by atoms with Crippen LogP contribution >= 0.6 is 11.3 Å². The van der Waals surface area contributed by atoms with Gasteiger partial charge in [0.05, 0.1) is 0 Å². The molecule has 0 aliphatic carbocycles. The summed E-state index contributed by atoms with van der Waals surface area (Å²) in [7, 11) is -3.82. The molecule has 1 unspecified atom stereocenters. The standard InChI is InChI=1S/C12H13FN2O3S2/c1-7(9-4-3-5-10(13)6-9)15-20(17,18)11-8(2)14-12(16)19-11/h3-7,15H,1-2H3,(H,14,16). The van der Waals surface area contributed by atoms with Crippen molar-refractivity contribution in [1.82, 2.24) is 9.71 Å². The van der Waals surface area contributed by atoms with Gasteiger partial charge in [-0.3, -0.25) is 4.79 Å². The molecule has 1 heterocycles. The number of aromatic nitrogens is 1. The Hall–Kier alpha value is -1.51. The fourth-order valence-electron chi connectivity index (χ4n) is 1.78. The molecule has 0 bridgehead atoms. The van der Waals surface area contributed by atoms with E-state index in [9.17, 15) is 17.6 Å². The minimum atomic E-state index is -3.82. The van der Waals surface area contributed by atoms with Gasteiger partial charge in [0.25, 0.3) is 10.0 Å². The number of sulfonamides is 1. The van der Waals surface area contributed by atoms with E-state index in [1.54, 1.807) is 13.0 Å². The van der Waals surface area contributed by atoms with Crippen molar-refractivity contribution in [2.24, 2.45) is 0 Å². The Morgan fingerprint density at radius 1 is 1.40 bits per heavy atom. The normalized spacial score (nSPS) is 13.3. The first-order valence-electron chi connectivity index (χ1n) is 5.77. The van der Waals surface area contributed by atoms with Crippen LogP contribution in [-0.4, -0.2) is 13.4 Å². The van der Waals surface area contributed by atoms with Crippen molar-refractivity contribution in [3.8, 4) is 0 Å². The zero-order valence-electron chi connectivity index (χ0n) is 10.8. The molecule has 0 aliphatic heterocycles. The van der Waals surface area contributed by atoms with E-state index in [2.05, 4.69) is 9.71 Å². The quantitative estimate of drug-likeness (QED) is 0.904. The second kappa shape index (κ2) is 5.47. The molecule has 8 heteroatoms. The van der Waals surface area contributed by atoms with Gasteiger partial charge < -0.3 is 4.98 Å². The molecule has 0 saturated heterocycles. The molecule has 1 aromatic carbocycles. The Kier molecular flexibility index (Phi) is 4.07. The number of aromatic amines is 1. The van der Waals surface area contributed by atoms with E-state index in [1.807, 2.05) is 0 Å². The maximum atomic E-state index is 13.1. The molecule has 5 nitrogen and oxygen atoms in total. The average Bonchev–Trinajstić information content (AvgIpc) is 2.69. The van der Waals surface area contributed by atoms with Gasteiger partial charge in [0.2, 0.25) is 0 Å². The fraction of sp³-hybridized carbons (Fsp3) is 0.250. The number of thiazole rings is 1. The van der Waals surface area contributed by atoms with Gasteiger partial charge in [-0.25, -0.2) is 17.5 Å². The predicted molar refractivity (Wildman–Crippen MR) is 74.8 cm³/mol. The molecule has 0 amide bonds. The molecule has 0 fully saturated rings. The summed E-state index contributed by atoms with van der Waals surface area (Å²) < 4.78 is 39.9. The Morgan fingerprint density at radius 2 is 2.10 bits per heavy atom. The van der Waals surface area contributed by atoms with Crippen molar-refractivity contribution >= 4 is 21.4 Å². The summed E-state index contributed by atoms with van der Waals surface area (Å²) in [6.45, 7) is 3.12. The van der Waals surface area contributed by atoms with E-state index in [0.29, 0.717) is 22.6 Å². The van der Waals surface area contributed by atoms with Gasteiger partial charge >= 0.3 is 4.87 Å². The highest BCUT2D eigenvalue weighted by Crippen LogP contribution is 2.20. The van der Waals surface area contributed by atoms with Crippen molar-refractivity contribution in [3.05, 3.63) is 51.0 Å². The summed E-state index contributed by atoms with van der Waals surface area (Å²) in [6, 6.07) is 5.08. The van der Waals surface area contributed by atoms with Crippen LogP contribution in [0.1, 0.15) is 24.2 Å². The minimum absolute atomic E-state index is 0.0502. The average molecular weight is 316 g/mol. The fourth-order valence-corrected chi connectivity index (χ4v) is 4.33. The summed E-state index contributed by atoms with van der Waals surface area (Å²) >= 11 is 0.626. The number of hydrogen-bond acceptors (Lipinski definition) is 4. The van der Waals surface area contributed by atoms with E-state index >= 15 is 0 Å². The minimum Gasteiger partial charge on any atom is -0.315 e. The van der Waals surface area contributed by atoms with Crippen LogP contribution in [0.4, 0.5) is 4.39 Å². The van der Waals surface area contributed by atoms with Crippen molar-refractivity contribution < 1.29 is 12.8 Å². The van der Waals surface area contributed by atoms with Crippen molar-refractivity contribution in [2.45, 2.75) is 24.1 Å². The van der Waals surface area contributed by atoms with Crippen LogP contribution < -0.4 is 9.60 Å². The molecule has 0 aliphatic rings. The second-order valence-electron chi connectivity index (χ2n) is 4.32. The Morgan fingerprint density at radius 3 is 2.65 bits per heavy atom. The number of rotatable bonds is 4. The Labute approximate surface area is 119 Å². The van der Waals surface area contributed by atoms with E-state index in [-0.39, 0.29) is 4.21 Å². The van der Waals surface area contributed by atoms with E-state index in [0.717, 1.165) is 0 Å². The first kappa shape index (κ1) is 14.9. The highest BCUT2D eigenvalue weighted by Gasteiger charge is 2.23. The smallest absolute Gasteiger partial charge is 0.305 e. The molecule has 108 valence electrons. The number of aryl methyl sites for hydroxylation is 1. The molecular weight excluding hydrogens is 303 g/mol. The molecule has 0 saturated carbocycles. The lowest BCUT2D eigenvalue weighted by Crippen LogP contribution is -2.26. The van der Waals surface area contributed by atoms with E-state index in [1.165, 1.54) is 25.1 Å². The number of halogens is 1. The first-order valence-corrected chi connectivity index (χ1v) is 8.07. The van der Waals surface area contributed by atoms with Crippen LogP contribution in [0.15, 0.2) is 33.3 Å². The molecule has 1 aromatic heterocycles. The zero-order chi connectivity index (χ0) is 14.9. The van der Waals surface area contributed by atoms with E-state index in [4.69, 9.17) is 0 Å². The van der Waals surface area contributed by atoms with Gasteiger partial charge in [0, 0.05) is 11.7 Å². The predicted octanol–water partition coefficient (Wildman–Crippen LogP) is 1.92. The highest BCUT2D eigenvalue weighted by molar-refractivity contribution is 7.91. The highest BCUT2D eigenvalue weighted by atomic mass is 32.2. The maximum absolute atomic E-state index is 13.1. The monoisotopic (exact) mass is 316 g/mol. The van der Waals surface area contributed by atoms with Crippen molar-refractivity contribution in [2.75, 3.05) is 0 Å². The van der Waals surface area contributed by atoms with Gasteiger partial charge in [-0.2, -0.15) is 0 Å². The summed E-state index contributed by atoms with van der Waals surface area (Å²) in [4.78, 5) is 13.2. The SMILES string of the molecule is Cc1[nH]c(=O)sc1S(=O)(=O)NC(C)c1cccc(F)c1. The number of nitrogens with one attached hydrogen (secondary N) is 2. The maximum Gasteiger partial charge on any atom is 0.305 e. The topological polar surface area (TPSA) is 79.0 Å². The van der Waals surface area contributed by atoms with Crippen LogP contribution in [0.2, 0.25) is 0 Å². The van der Waals surface area contributed by atoms with Crippen LogP contribution in [0.25, 0.3) is 0 Å². The molecule has 2 aromatic rings. The molecule has 0 radical (unpaired) electrons. The van der Waals surface area contributed by atoms with Gasteiger partial charge in [-0.15, -0.1) is 0 Å². The molecule has 0 spiro atoms. The third kappa shape index (κ3) is 3.14. The molecule has 2 N–H and O–H groups in total. The van der Waals surface area contributed by atoms with Crippen molar-refractivity contribution in [1.29, 1.82) is 0 Å². The van der Waals surface area contributed by atoms with Crippen LogP contribution in [0.3, 0.4) is 0 Å². The molecule has 20 heavy (non-hydrogen) atoms. The third-order valence-corrected chi connectivity index (χ3v) is 5.85. The summed E-state index contributed by atoms with van der Waals surface area (Å²) in [5.41, 5.74) is 0.799. The van der Waals surface area contributed by atoms with Gasteiger partial charge in [0.1, 0.15) is 5.82 Å². The van der Waals surface area contributed by atoms with Crippen LogP contribution in [0.5, 0.6) is 0 Å². The molecular formula is C12H13FN2O3S2. The molecule has 2 rings (SSSR count). The second-order valence-corrected chi connectivity index (χ2v) is 7.22. The number of H-pyrrole nitrogens is 1. The first-order chi connectivity index (χ1) is 9.29. The largest absolute Gasteiger partial charge is 0.315 e. The zero-order valence-corrected chi connectivity index (χ0v) is 12.4. The molecule has 1 atom stereocenters. The van der Waals surface area contributed by atoms with Crippen molar-refractivity contribution in [3.63, 3.8) is 0 Å². The lowest BCUT2D eigenvalue weighted by Gasteiger charge is -2.14. The number of benzene rings is 1. The lowest BCUT2D eigenvalue weighted by molar-refractivity contribution is 0.566. The Bertz CT molecular complexity index is 780. The summed E-state index contributed by atoms with van der Waals surface area (Å²) in [5, 5.41) is 0.